The summed E-state index contributed by atoms with van der Waals surface area (Å²) >= 11 is 1.38. The lowest BCUT2D eigenvalue weighted by molar-refractivity contribution is 0.356. The molecule has 4 rings (SSSR count). The number of aryl methyl sites for hydroxylation is 2. The fraction of sp³-hybridized carbons (Fsp3) is 0.318. The van der Waals surface area contributed by atoms with E-state index in [4.69, 9.17) is 0 Å². The molecule has 0 saturated carbocycles. The van der Waals surface area contributed by atoms with Crippen LogP contribution in [0, 0.1) is 42.9 Å². The van der Waals surface area contributed by atoms with E-state index in [-0.39, 0.29) is 25.9 Å². The van der Waals surface area contributed by atoms with Crippen LogP contribution in [0.4, 0.5) is 27.1 Å². The van der Waals surface area contributed by atoms with Crippen LogP contribution in [0.3, 0.4) is 0 Å². The first-order chi connectivity index (χ1) is 15.5. The number of hydrogen-bond donors (Lipinski definition) is 0. The van der Waals surface area contributed by atoms with Crippen LogP contribution in [-0.2, 0) is 9.84 Å². The second-order valence-electron chi connectivity index (χ2n) is 8.02. The molecule has 0 unspecified atom stereocenters. The van der Waals surface area contributed by atoms with Gasteiger partial charge in [-0.05, 0) is 38.8 Å². The number of piperidine rings is 1. The van der Waals surface area contributed by atoms with E-state index in [1.54, 1.807) is 0 Å². The average molecular weight is 503 g/mol. The van der Waals surface area contributed by atoms with Crippen molar-refractivity contribution in [1.82, 2.24) is 4.98 Å². The summed E-state index contributed by atoms with van der Waals surface area (Å²) in [5.74, 6) is -11.6. The zero-order valence-electron chi connectivity index (χ0n) is 17.6. The third-order valence-electron chi connectivity index (χ3n) is 5.61. The van der Waals surface area contributed by atoms with Crippen LogP contribution in [0.15, 0.2) is 28.5 Å². The Morgan fingerprint density at radius 1 is 0.879 bits per heavy atom. The van der Waals surface area contributed by atoms with Crippen molar-refractivity contribution < 1.29 is 30.4 Å². The minimum atomic E-state index is -4.78. The molecule has 0 radical (unpaired) electrons. The number of benzene rings is 2. The van der Waals surface area contributed by atoms with Crippen molar-refractivity contribution in [2.24, 2.45) is 0 Å². The van der Waals surface area contributed by atoms with Gasteiger partial charge in [0.05, 0.1) is 10.9 Å². The molecule has 0 N–H and O–H groups in total. The molecule has 0 amide bonds. The number of rotatable bonds is 4. The van der Waals surface area contributed by atoms with Crippen LogP contribution in [0.25, 0.3) is 11.3 Å². The quantitative estimate of drug-likeness (QED) is 0.203. The Labute approximate surface area is 191 Å². The third-order valence-corrected chi connectivity index (χ3v) is 8.79. The Kier molecular flexibility index (Phi) is 6.21. The molecule has 1 fully saturated rings. The molecular weight excluding hydrogens is 483 g/mol. The second-order valence-corrected chi connectivity index (χ2v) is 11.0. The van der Waals surface area contributed by atoms with Crippen molar-refractivity contribution in [3.63, 3.8) is 0 Å². The number of anilines is 1. The SMILES string of the molecule is Cc1cc(C)cc(-c2csc(N3CCC(S(=O)(=O)c4c(F)c(F)c(F)c(F)c4F)CC3)n2)c1. The molecule has 1 aliphatic heterocycles. The molecule has 0 bridgehead atoms. The molecular formula is C22H19F5N2O2S2. The lowest BCUT2D eigenvalue weighted by Gasteiger charge is -2.31. The molecule has 1 saturated heterocycles. The van der Waals surface area contributed by atoms with Gasteiger partial charge in [-0.3, -0.25) is 0 Å². The maximum atomic E-state index is 14.1. The molecule has 1 aromatic heterocycles. The van der Waals surface area contributed by atoms with E-state index in [1.807, 2.05) is 42.3 Å². The maximum absolute atomic E-state index is 14.1. The first-order valence-electron chi connectivity index (χ1n) is 10.0. The van der Waals surface area contributed by atoms with Gasteiger partial charge in [-0.1, -0.05) is 17.2 Å². The molecule has 33 heavy (non-hydrogen) atoms. The van der Waals surface area contributed by atoms with Gasteiger partial charge in [-0.15, -0.1) is 11.3 Å². The lowest BCUT2D eigenvalue weighted by atomic mass is 10.1. The molecule has 11 heteroatoms. The Bertz CT molecular complexity index is 1280. The summed E-state index contributed by atoms with van der Waals surface area (Å²) in [6.45, 7) is 4.39. The summed E-state index contributed by atoms with van der Waals surface area (Å²) < 4.78 is 94.1. The van der Waals surface area contributed by atoms with E-state index in [9.17, 15) is 30.4 Å². The van der Waals surface area contributed by atoms with Crippen LogP contribution in [0.5, 0.6) is 0 Å². The highest BCUT2D eigenvalue weighted by atomic mass is 32.2. The number of sulfone groups is 1. The molecule has 0 aliphatic carbocycles. The number of halogens is 5. The molecule has 0 atom stereocenters. The summed E-state index contributed by atoms with van der Waals surface area (Å²) in [6, 6.07) is 6.07. The molecule has 176 valence electrons. The van der Waals surface area contributed by atoms with E-state index in [0.717, 1.165) is 22.4 Å². The number of hydrogen-bond acceptors (Lipinski definition) is 5. The number of thiazole rings is 1. The fourth-order valence-electron chi connectivity index (χ4n) is 4.02. The summed E-state index contributed by atoms with van der Waals surface area (Å²) in [7, 11) is -4.78. The minimum absolute atomic E-state index is 0.0414. The minimum Gasteiger partial charge on any atom is -0.348 e. The Hall–Kier alpha value is -2.53. The predicted octanol–water partition coefficient (Wildman–Crippen LogP) is 5.57. The highest BCUT2D eigenvalue weighted by Crippen LogP contribution is 2.35. The standard InChI is InChI=1S/C22H19F5N2O2S2/c1-11-7-12(2)9-13(8-11)15-10-32-22(28-15)29-5-3-14(4-6-29)33(30,31)21-19(26)17(24)16(23)18(25)20(21)27/h7-10,14H,3-6H2,1-2H3. The van der Waals surface area contributed by atoms with Crippen molar-refractivity contribution in [1.29, 1.82) is 0 Å². The van der Waals surface area contributed by atoms with Crippen LogP contribution in [-0.4, -0.2) is 31.7 Å². The summed E-state index contributed by atoms with van der Waals surface area (Å²) in [5.41, 5.74) is 3.93. The first kappa shape index (κ1) is 23.6. The number of aromatic nitrogens is 1. The first-order valence-corrected chi connectivity index (χ1v) is 12.5. The Morgan fingerprint density at radius 3 is 1.94 bits per heavy atom. The Balaban J connectivity index is 1.54. The van der Waals surface area contributed by atoms with Crippen molar-refractivity contribution in [3.8, 4) is 11.3 Å². The molecule has 2 aromatic carbocycles. The van der Waals surface area contributed by atoms with Crippen molar-refractivity contribution in [2.45, 2.75) is 36.8 Å². The van der Waals surface area contributed by atoms with Gasteiger partial charge < -0.3 is 4.90 Å². The highest BCUT2D eigenvalue weighted by molar-refractivity contribution is 7.92. The summed E-state index contributed by atoms with van der Waals surface area (Å²) in [5, 5.41) is 1.28. The van der Waals surface area contributed by atoms with Crippen LogP contribution >= 0.6 is 11.3 Å². The van der Waals surface area contributed by atoms with Gasteiger partial charge in [0.25, 0.3) is 0 Å². The van der Waals surface area contributed by atoms with Crippen LogP contribution < -0.4 is 4.90 Å². The van der Waals surface area contributed by atoms with E-state index in [0.29, 0.717) is 5.13 Å². The van der Waals surface area contributed by atoms with Crippen molar-refractivity contribution in [2.75, 3.05) is 18.0 Å². The monoisotopic (exact) mass is 502 g/mol. The molecule has 2 heterocycles. The topological polar surface area (TPSA) is 50.3 Å². The average Bonchev–Trinajstić information content (AvgIpc) is 3.26. The normalized spacial score (nSPS) is 15.3. The third kappa shape index (κ3) is 4.23. The molecule has 0 spiro atoms. The zero-order valence-corrected chi connectivity index (χ0v) is 19.3. The van der Waals surface area contributed by atoms with E-state index in [2.05, 4.69) is 4.98 Å². The second kappa shape index (κ2) is 8.68. The van der Waals surface area contributed by atoms with Gasteiger partial charge in [0.2, 0.25) is 5.82 Å². The van der Waals surface area contributed by atoms with Gasteiger partial charge in [-0.2, -0.15) is 0 Å². The van der Waals surface area contributed by atoms with E-state index in [1.165, 1.54) is 11.3 Å². The van der Waals surface area contributed by atoms with Gasteiger partial charge >= 0.3 is 0 Å². The molecule has 1 aliphatic rings. The van der Waals surface area contributed by atoms with Gasteiger partial charge in [0, 0.05) is 24.0 Å². The van der Waals surface area contributed by atoms with Gasteiger partial charge in [0.1, 0.15) is 4.90 Å². The molecule has 3 aromatic rings. The van der Waals surface area contributed by atoms with Crippen LogP contribution in [0.1, 0.15) is 24.0 Å². The number of nitrogens with zero attached hydrogens (tertiary/aromatic N) is 2. The fourth-order valence-corrected chi connectivity index (χ4v) is 6.76. The van der Waals surface area contributed by atoms with E-state index < -0.39 is 49.1 Å². The highest BCUT2D eigenvalue weighted by Gasteiger charge is 2.39. The maximum Gasteiger partial charge on any atom is 0.200 e. The van der Waals surface area contributed by atoms with Crippen molar-refractivity contribution >= 4 is 26.3 Å². The van der Waals surface area contributed by atoms with Crippen LogP contribution in [0.2, 0.25) is 0 Å². The summed E-state index contributed by atoms with van der Waals surface area (Å²) in [4.78, 5) is 4.72. The van der Waals surface area contributed by atoms with Crippen molar-refractivity contribution in [3.05, 3.63) is 63.8 Å². The van der Waals surface area contributed by atoms with Gasteiger partial charge in [-0.25, -0.2) is 35.4 Å². The van der Waals surface area contributed by atoms with Gasteiger partial charge in [0.15, 0.2) is 38.2 Å². The zero-order chi connectivity index (χ0) is 24.1. The predicted molar refractivity (Wildman–Crippen MR) is 116 cm³/mol. The Morgan fingerprint density at radius 2 is 1.39 bits per heavy atom. The largest absolute Gasteiger partial charge is 0.348 e. The summed E-state index contributed by atoms with van der Waals surface area (Å²) in [6.07, 6.45) is -0.0827. The smallest absolute Gasteiger partial charge is 0.200 e. The van der Waals surface area contributed by atoms with E-state index >= 15 is 0 Å². The molecule has 4 nitrogen and oxygen atoms in total. The lowest BCUT2D eigenvalue weighted by Crippen LogP contribution is -2.40.